The lowest BCUT2D eigenvalue weighted by Gasteiger charge is -2.15. The molecule has 0 spiro atoms. The maximum Gasteiger partial charge on any atom is 0.419 e. The Labute approximate surface area is 264 Å². The number of ether oxygens (including phenoxy) is 5. The lowest BCUT2D eigenvalue weighted by Crippen LogP contribution is -2.15. The third kappa shape index (κ3) is 10.3. The first kappa shape index (κ1) is 35.0. The zero-order chi connectivity index (χ0) is 33.0. The molecule has 0 fully saturated rings. The van der Waals surface area contributed by atoms with Crippen LogP contribution in [-0.2, 0) is 46.0 Å². The summed E-state index contributed by atoms with van der Waals surface area (Å²) in [6.45, 7) is 3.10. The van der Waals surface area contributed by atoms with Crippen molar-refractivity contribution in [1.82, 2.24) is 10.1 Å². The number of aryl methyl sites for hydroxylation is 1. The van der Waals surface area contributed by atoms with E-state index in [9.17, 15) is 21.6 Å². The minimum atomic E-state index is -4.79. The van der Waals surface area contributed by atoms with Crippen LogP contribution in [0.1, 0.15) is 16.7 Å². The van der Waals surface area contributed by atoms with E-state index in [1.54, 1.807) is 38.3 Å². The van der Waals surface area contributed by atoms with Crippen LogP contribution in [0.4, 0.5) is 13.2 Å². The van der Waals surface area contributed by atoms with E-state index < -0.39 is 40.8 Å². The van der Waals surface area contributed by atoms with E-state index in [4.69, 9.17) is 32.4 Å². The van der Waals surface area contributed by atoms with Gasteiger partial charge in [-0.25, -0.2) is 0 Å². The molecule has 0 aliphatic heterocycles. The molecule has 1 aromatic heterocycles. The van der Waals surface area contributed by atoms with Gasteiger partial charge in [-0.3, -0.25) is 4.18 Å². The molecule has 11 nitrogen and oxygen atoms in total. The van der Waals surface area contributed by atoms with E-state index in [2.05, 4.69) is 10.1 Å². The number of methoxy groups -OCH3 is 1. The van der Waals surface area contributed by atoms with Crippen molar-refractivity contribution in [2.24, 2.45) is 0 Å². The zero-order valence-corrected chi connectivity index (χ0v) is 25.9. The molecule has 3 aromatic carbocycles. The Morgan fingerprint density at radius 1 is 0.804 bits per heavy atom. The van der Waals surface area contributed by atoms with Crippen molar-refractivity contribution in [3.8, 4) is 28.6 Å². The maximum atomic E-state index is 13.9. The molecule has 0 aliphatic rings. The molecule has 0 unspecified atom stereocenters. The summed E-state index contributed by atoms with van der Waals surface area (Å²) in [5.41, 5.74) is 1.26. The second-order valence-corrected chi connectivity index (χ2v) is 11.4. The highest BCUT2D eigenvalue weighted by Gasteiger charge is 2.35. The molecule has 248 valence electrons. The van der Waals surface area contributed by atoms with Gasteiger partial charge in [0.1, 0.15) is 25.8 Å². The first-order chi connectivity index (χ1) is 22.1. The van der Waals surface area contributed by atoms with Gasteiger partial charge in [-0.15, -0.1) is 0 Å². The molecule has 0 N–H and O–H groups in total. The fraction of sp³-hybridized carbons (Fsp3) is 0.355. The van der Waals surface area contributed by atoms with Crippen molar-refractivity contribution in [3.63, 3.8) is 0 Å². The van der Waals surface area contributed by atoms with E-state index >= 15 is 0 Å². The van der Waals surface area contributed by atoms with E-state index in [1.807, 2.05) is 12.1 Å². The van der Waals surface area contributed by atoms with E-state index in [1.165, 1.54) is 18.2 Å². The SMILES string of the molecule is COCOCCOCCOCc1ccc(-c2noc(-c3ccc(OCCOS(=O)(=O)c4ccc(C)cc4)c(C(F)(F)F)c3)n2)cc1. The number of benzene rings is 3. The summed E-state index contributed by atoms with van der Waals surface area (Å²) >= 11 is 0. The first-order valence-electron chi connectivity index (χ1n) is 14.0. The Hall–Kier alpha value is -3.86. The molecule has 1 heterocycles. The minimum Gasteiger partial charge on any atom is -0.490 e. The summed E-state index contributed by atoms with van der Waals surface area (Å²) in [4.78, 5) is 4.18. The first-order valence-corrected chi connectivity index (χ1v) is 15.4. The molecular formula is C31H33F3N2O9S. The van der Waals surface area contributed by atoms with Gasteiger partial charge in [-0.2, -0.15) is 26.6 Å². The van der Waals surface area contributed by atoms with Gasteiger partial charge in [0.2, 0.25) is 5.82 Å². The van der Waals surface area contributed by atoms with Gasteiger partial charge in [-0.1, -0.05) is 47.1 Å². The summed E-state index contributed by atoms with van der Waals surface area (Å²) in [5.74, 6) is -0.445. The van der Waals surface area contributed by atoms with Crippen molar-refractivity contribution in [1.29, 1.82) is 0 Å². The normalized spacial score (nSPS) is 12.0. The van der Waals surface area contributed by atoms with Gasteiger partial charge < -0.3 is 28.2 Å². The summed E-state index contributed by atoms with van der Waals surface area (Å²) in [5, 5.41) is 3.90. The number of nitrogens with zero attached hydrogens (tertiary/aromatic N) is 2. The summed E-state index contributed by atoms with van der Waals surface area (Å²) in [7, 11) is -2.55. The fourth-order valence-electron chi connectivity index (χ4n) is 3.96. The average molecular weight is 667 g/mol. The lowest BCUT2D eigenvalue weighted by atomic mass is 10.1. The second kappa shape index (κ2) is 16.6. The van der Waals surface area contributed by atoms with E-state index in [0.29, 0.717) is 38.6 Å². The summed E-state index contributed by atoms with van der Waals surface area (Å²) < 4.78 is 103. The number of rotatable bonds is 18. The molecule has 0 bridgehead atoms. The second-order valence-electron chi connectivity index (χ2n) is 9.75. The van der Waals surface area contributed by atoms with Crippen LogP contribution in [0.15, 0.2) is 76.1 Å². The van der Waals surface area contributed by atoms with Crippen molar-refractivity contribution in [2.45, 2.75) is 24.6 Å². The molecule has 15 heteroatoms. The van der Waals surface area contributed by atoms with Gasteiger partial charge in [0, 0.05) is 18.2 Å². The fourth-order valence-corrected chi connectivity index (χ4v) is 4.85. The topological polar surface area (TPSA) is 128 Å². The van der Waals surface area contributed by atoms with Crippen LogP contribution in [0.3, 0.4) is 0 Å². The van der Waals surface area contributed by atoms with Gasteiger partial charge in [0.05, 0.1) is 43.5 Å². The number of hydrogen-bond donors (Lipinski definition) is 0. The average Bonchev–Trinajstić information content (AvgIpc) is 3.53. The van der Waals surface area contributed by atoms with Gasteiger partial charge in [-0.05, 0) is 42.8 Å². The quantitative estimate of drug-likeness (QED) is 0.0740. The highest BCUT2D eigenvalue weighted by molar-refractivity contribution is 7.86. The third-order valence-electron chi connectivity index (χ3n) is 6.27. The van der Waals surface area contributed by atoms with Crippen LogP contribution in [0, 0.1) is 6.92 Å². The van der Waals surface area contributed by atoms with Gasteiger partial charge in [0.25, 0.3) is 16.0 Å². The maximum absolute atomic E-state index is 13.9. The van der Waals surface area contributed by atoms with Crippen LogP contribution >= 0.6 is 0 Å². The Balaban J connectivity index is 1.31. The molecule has 0 atom stereocenters. The van der Waals surface area contributed by atoms with Crippen LogP contribution in [-0.4, -0.2) is 72.1 Å². The zero-order valence-electron chi connectivity index (χ0n) is 25.1. The Morgan fingerprint density at radius 2 is 1.48 bits per heavy atom. The van der Waals surface area contributed by atoms with Crippen molar-refractivity contribution < 1.29 is 54.0 Å². The minimum absolute atomic E-state index is 0.0223. The van der Waals surface area contributed by atoms with Crippen LogP contribution < -0.4 is 4.74 Å². The van der Waals surface area contributed by atoms with Gasteiger partial charge >= 0.3 is 6.18 Å². The molecule has 46 heavy (non-hydrogen) atoms. The Kier molecular flexibility index (Phi) is 12.7. The van der Waals surface area contributed by atoms with Crippen LogP contribution in [0.25, 0.3) is 22.8 Å². The molecule has 4 aromatic rings. The molecule has 0 aliphatic carbocycles. The summed E-state index contributed by atoms with van der Waals surface area (Å²) in [6, 6.07) is 16.3. The number of hydrogen-bond acceptors (Lipinski definition) is 11. The van der Waals surface area contributed by atoms with Gasteiger partial charge in [0.15, 0.2) is 0 Å². The largest absolute Gasteiger partial charge is 0.490 e. The molecule has 0 saturated carbocycles. The number of halogens is 3. The van der Waals surface area contributed by atoms with Crippen LogP contribution in [0.5, 0.6) is 5.75 Å². The predicted molar refractivity (Wildman–Crippen MR) is 158 cm³/mol. The number of alkyl halides is 3. The molecular weight excluding hydrogens is 633 g/mol. The Morgan fingerprint density at radius 3 is 2.17 bits per heavy atom. The van der Waals surface area contributed by atoms with E-state index in [-0.39, 0.29) is 29.0 Å². The van der Waals surface area contributed by atoms with E-state index in [0.717, 1.165) is 23.3 Å². The Bertz CT molecular complexity index is 1630. The predicted octanol–water partition coefficient (Wildman–Crippen LogP) is 5.67. The smallest absolute Gasteiger partial charge is 0.419 e. The molecule has 0 amide bonds. The standard InChI is InChI=1S/C31H33F3N2O9S/c1-22-3-10-26(11-4-22)46(37,38)44-18-17-43-28-12-9-25(19-27(28)31(32,33)34)30-35-29(36-45-30)24-7-5-23(6-8-24)20-41-15-13-40-14-16-42-21-39-2/h3-12,19H,13-18,20-21H2,1-2H3. The summed E-state index contributed by atoms with van der Waals surface area (Å²) in [6.07, 6.45) is -4.79. The highest BCUT2D eigenvalue weighted by atomic mass is 32.2. The molecule has 0 saturated heterocycles. The monoisotopic (exact) mass is 666 g/mol. The van der Waals surface area contributed by atoms with Crippen molar-refractivity contribution >= 4 is 10.1 Å². The third-order valence-corrected chi connectivity index (χ3v) is 7.60. The lowest BCUT2D eigenvalue weighted by molar-refractivity contribution is -0.139. The van der Waals surface area contributed by atoms with Crippen LogP contribution in [0.2, 0.25) is 0 Å². The highest BCUT2D eigenvalue weighted by Crippen LogP contribution is 2.39. The number of aromatic nitrogens is 2. The van der Waals surface area contributed by atoms with Crippen molar-refractivity contribution in [2.75, 3.05) is 53.5 Å². The van der Waals surface area contributed by atoms with Crippen molar-refractivity contribution in [3.05, 3.63) is 83.4 Å². The molecule has 4 rings (SSSR count). The molecule has 0 radical (unpaired) electrons.